The minimum atomic E-state index is -1.17. The standard InChI is InChI=1S/C34H40ClN9O5S/c1-36-29(37-2)14-16-38-32(46)27-18-23(20-42(27)3)40-34(48)28-19-24(21-43(28)4)39-33(47)26-11-12-30(44(26)5)41-31(45)13-8-22-6-9-25(10-7-22)50(49)17-15-35/h6-13,18-21H,14-17H2,1-5H3,(H,36,37)(H,38,46)(H,39,47)(H,40,48)(H,41,45)/b13-8+. The van der Waals surface area contributed by atoms with Crippen LogP contribution in [0.4, 0.5) is 17.2 Å². The van der Waals surface area contributed by atoms with Crippen LogP contribution in [0.2, 0.25) is 0 Å². The van der Waals surface area contributed by atoms with E-state index < -0.39 is 28.5 Å². The number of aryl methyl sites for hydroxylation is 2. The third-order valence-electron chi connectivity index (χ3n) is 7.64. The fraction of sp³-hybridized carbons (Fsp3) is 0.265. The SMILES string of the molecule is CN=C(CCNC(=O)c1cc(NC(=O)c2cc(NC(=O)c3ccc(NC(=O)/C=C/c4ccc(S(=O)CCCl)cc4)n3C)cn2C)cn1C)NC. The molecule has 0 fully saturated rings. The average Bonchev–Trinajstić information content (AvgIpc) is 3.77. The van der Waals surface area contributed by atoms with E-state index in [-0.39, 0.29) is 17.3 Å². The Morgan fingerprint density at radius 1 is 0.840 bits per heavy atom. The average molecular weight is 722 g/mol. The second-order valence-corrected chi connectivity index (χ2v) is 13.0. The molecule has 1 unspecified atom stereocenters. The number of rotatable bonds is 14. The molecule has 0 aliphatic carbocycles. The smallest absolute Gasteiger partial charge is 0.272 e. The van der Waals surface area contributed by atoms with Crippen molar-refractivity contribution in [2.75, 3.05) is 48.2 Å². The van der Waals surface area contributed by atoms with Crippen molar-refractivity contribution >= 4 is 75.1 Å². The molecular formula is C34H40ClN9O5S. The number of nitrogens with one attached hydrogen (secondary N) is 5. The largest absolute Gasteiger partial charge is 0.377 e. The molecule has 1 atom stereocenters. The van der Waals surface area contributed by atoms with Crippen molar-refractivity contribution in [1.82, 2.24) is 24.3 Å². The van der Waals surface area contributed by atoms with E-state index in [1.807, 2.05) is 0 Å². The number of carbonyl (C=O) groups excluding carboxylic acids is 4. The van der Waals surface area contributed by atoms with Crippen LogP contribution < -0.4 is 26.6 Å². The summed E-state index contributed by atoms with van der Waals surface area (Å²) in [5, 5.41) is 14.1. The van der Waals surface area contributed by atoms with Gasteiger partial charge in [-0.25, -0.2) is 0 Å². The lowest BCUT2D eigenvalue weighted by molar-refractivity contribution is -0.111. The van der Waals surface area contributed by atoms with Gasteiger partial charge in [0.05, 0.1) is 28.0 Å². The first-order valence-electron chi connectivity index (χ1n) is 15.5. The van der Waals surface area contributed by atoms with Crippen LogP contribution in [0.25, 0.3) is 6.08 Å². The summed E-state index contributed by atoms with van der Waals surface area (Å²) in [5.41, 5.74) is 2.50. The number of halogens is 1. The lowest BCUT2D eigenvalue weighted by Crippen LogP contribution is -2.30. The summed E-state index contributed by atoms with van der Waals surface area (Å²) >= 11 is 5.67. The summed E-state index contributed by atoms with van der Waals surface area (Å²) < 4.78 is 16.8. The zero-order valence-corrected chi connectivity index (χ0v) is 29.9. The number of amidine groups is 1. The number of aliphatic imine (C=N–C) groups is 1. The highest BCUT2D eigenvalue weighted by molar-refractivity contribution is 7.85. The van der Waals surface area contributed by atoms with Crippen LogP contribution in [0.3, 0.4) is 0 Å². The third kappa shape index (κ3) is 9.60. The molecule has 4 aromatic rings. The van der Waals surface area contributed by atoms with Crippen molar-refractivity contribution in [2.24, 2.45) is 26.1 Å². The minimum Gasteiger partial charge on any atom is -0.377 e. The normalized spacial score (nSPS) is 12.1. The number of hydrogen-bond acceptors (Lipinski definition) is 6. The number of nitrogens with zero attached hydrogens (tertiary/aromatic N) is 4. The van der Waals surface area contributed by atoms with Gasteiger partial charge >= 0.3 is 0 Å². The first kappa shape index (κ1) is 37.4. The van der Waals surface area contributed by atoms with Crippen molar-refractivity contribution in [3.8, 4) is 0 Å². The molecule has 3 aromatic heterocycles. The number of hydrogen-bond donors (Lipinski definition) is 5. The van der Waals surface area contributed by atoms with Gasteiger partial charge in [-0.3, -0.25) is 28.4 Å². The van der Waals surface area contributed by atoms with Crippen molar-refractivity contribution in [1.29, 1.82) is 0 Å². The highest BCUT2D eigenvalue weighted by Gasteiger charge is 2.19. The Balaban J connectivity index is 1.33. The molecule has 264 valence electrons. The van der Waals surface area contributed by atoms with Crippen LogP contribution in [0, 0.1) is 0 Å². The van der Waals surface area contributed by atoms with E-state index in [1.165, 1.54) is 12.1 Å². The van der Waals surface area contributed by atoms with E-state index in [1.54, 1.807) is 110 Å². The van der Waals surface area contributed by atoms with Crippen molar-refractivity contribution in [2.45, 2.75) is 11.3 Å². The van der Waals surface area contributed by atoms with E-state index in [0.29, 0.717) is 52.4 Å². The first-order valence-corrected chi connectivity index (χ1v) is 17.4. The quantitative estimate of drug-likeness (QED) is 0.0577. The predicted octanol–water partition coefficient (Wildman–Crippen LogP) is 3.57. The Morgan fingerprint density at radius 3 is 2.02 bits per heavy atom. The highest BCUT2D eigenvalue weighted by atomic mass is 35.5. The van der Waals surface area contributed by atoms with Crippen molar-refractivity contribution in [3.63, 3.8) is 0 Å². The summed E-state index contributed by atoms with van der Waals surface area (Å²) in [6.07, 6.45) is 6.79. The van der Waals surface area contributed by atoms with Gasteiger partial charge in [0.1, 0.15) is 22.9 Å². The van der Waals surface area contributed by atoms with Gasteiger partial charge in [-0.15, -0.1) is 11.6 Å². The van der Waals surface area contributed by atoms with Crippen LogP contribution >= 0.6 is 11.6 Å². The Kier molecular flexibility index (Phi) is 12.9. The molecule has 50 heavy (non-hydrogen) atoms. The molecule has 4 rings (SSSR count). The van der Waals surface area contributed by atoms with E-state index in [9.17, 15) is 23.4 Å². The lowest BCUT2D eigenvalue weighted by Gasteiger charge is -2.08. The Labute approximate surface area is 297 Å². The Hall–Kier alpha value is -5.41. The molecule has 0 aliphatic heterocycles. The fourth-order valence-corrected chi connectivity index (χ4v) is 6.20. The fourth-order valence-electron chi connectivity index (χ4n) is 4.96. The van der Waals surface area contributed by atoms with Crippen molar-refractivity contribution < 1.29 is 23.4 Å². The Bertz CT molecular complexity index is 1960. The summed E-state index contributed by atoms with van der Waals surface area (Å²) in [7, 11) is 7.30. The van der Waals surface area contributed by atoms with E-state index in [4.69, 9.17) is 11.6 Å². The van der Waals surface area contributed by atoms with Crippen LogP contribution in [0.15, 0.2) is 76.9 Å². The van der Waals surface area contributed by atoms with Crippen LogP contribution in [0.1, 0.15) is 43.4 Å². The topological polar surface area (TPSA) is 173 Å². The van der Waals surface area contributed by atoms with Gasteiger partial charge in [0.15, 0.2) is 0 Å². The summed E-state index contributed by atoms with van der Waals surface area (Å²) in [4.78, 5) is 56.3. The molecule has 3 heterocycles. The second-order valence-electron chi connectivity index (χ2n) is 11.1. The molecular weight excluding hydrogens is 682 g/mol. The maximum Gasteiger partial charge on any atom is 0.272 e. The van der Waals surface area contributed by atoms with E-state index >= 15 is 0 Å². The highest BCUT2D eigenvalue weighted by Crippen LogP contribution is 2.20. The molecule has 0 bridgehead atoms. The minimum absolute atomic E-state index is 0.276. The predicted molar refractivity (Wildman–Crippen MR) is 198 cm³/mol. The molecule has 0 spiro atoms. The Morgan fingerprint density at radius 2 is 1.44 bits per heavy atom. The maximum atomic E-state index is 13.1. The van der Waals surface area contributed by atoms with Gasteiger partial charge < -0.3 is 40.3 Å². The maximum absolute atomic E-state index is 13.1. The summed E-state index contributed by atoms with van der Waals surface area (Å²) in [5.74, 6) is 0.275. The van der Waals surface area contributed by atoms with Gasteiger partial charge in [-0.2, -0.15) is 0 Å². The lowest BCUT2D eigenvalue weighted by atomic mass is 10.2. The molecule has 5 N–H and O–H groups in total. The number of carbonyl (C=O) groups is 4. The van der Waals surface area contributed by atoms with Crippen LogP contribution in [0.5, 0.6) is 0 Å². The number of benzene rings is 1. The number of alkyl halides is 1. The number of anilines is 3. The summed E-state index contributed by atoms with van der Waals surface area (Å²) in [6.45, 7) is 0.394. The van der Waals surface area contributed by atoms with E-state index in [0.717, 1.165) is 11.4 Å². The van der Waals surface area contributed by atoms with Gasteiger partial charge in [0.25, 0.3) is 17.7 Å². The van der Waals surface area contributed by atoms with Crippen molar-refractivity contribution in [3.05, 3.63) is 89.6 Å². The molecule has 1 aromatic carbocycles. The first-order chi connectivity index (χ1) is 23.9. The number of aromatic nitrogens is 3. The molecule has 4 amide bonds. The third-order valence-corrected chi connectivity index (χ3v) is 9.42. The second kappa shape index (κ2) is 17.3. The molecule has 0 saturated heterocycles. The molecule has 0 aliphatic rings. The number of amides is 4. The zero-order valence-electron chi connectivity index (χ0n) is 28.4. The van der Waals surface area contributed by atoms with Crippen LogP contribution in [-0.2, 0) is 36.7 Å². The van der Waals surface area contributed by atoms with Gasteiger partial charge in [0, 0.05) is 83.2 Å². The van der Waals surface area contributed by atoms with Gasteiger partial charge in [-0.1, -0.05) is 12.1 Å². The molecule has 14 nitrogen and oxygen atoms in total. The molecule has 16 heteroatoms. The van der Waals surface area contributed by atoms with Crippen LogP contribution in [-0.4, -0.2) is 79.6 Å². The molecule has 0 radical (unpaired) electrons. The zero-order chi connectivity index (χ0) is 36.4. The molecule has 0 saturated carbocycles. The van der Waals surface area contributed by atoms with Gasteiger partial charge in [0.2, 0.25) is 5.91 Å². The summed E-state index contributed by atoms with van der Waals surface area (Å²) in [6, 6.07) is 13.3. The van der Waals surface area contributed by atoms with E-state index in [2.05, 4.69) is 31.6 Å². The monoisotopic (exact) mass is 721 g/mol. The van der Waals surface area contributed by atoms with Gasteiger partial charge in [-0.05, 0) is 48.0 Å².